The smallest absolute Gasteiger partial charge is 0.346 e. The zero-order chi connectivity index (χ0) is 28.3. The van der Waals surface area contributed by atoms with Gasteiger partial charge in [-0.25, -0.2) is 0 Å². The second kappa shape index (κ2) is 11.4. The lowest BCUT2D eigenvalue weighted by Crippen LogP contribution is -2.51. The van der Waals surface area contributed by atoms with Gasteiger partial charge in [0.2, 0.25) is 5.91 Å². The standard InChI is InChI=1S/C30H30F6N2O/c1-20(22-16-24(29(31,32)33)18-25(17-22)30(34,35)36)27(39)38-28(23-10-6-3-7-11-23)14-12-26(13-15-28)37-19-21-8-4-2-5-9-21/h2-11,16-18,20,26,37H,12-15,19H2,1H3,(H,38,39). The molecule has 1 aliphatic rings. The van der Waals surface area contributed by atoms with Gasteiger partial charge in [-0.2, -0.15) is 26.3 Å². The summed E-state index contributed by atoms with van der Waals surface area (Å²) in [6.07, 6.45) is -7.36. The quantitative estimate of drug-likeness (QED) is 0.299. The van der Waals surface area contributed by atoms with Crippen molar-refractivity contribution in [1.29, 1.82) is 0 Å². The highest BCUT2D eigenvalue weighted by atomic mass is 19.4. The van der Waals surface area contributed by atoms with Crippen LogP contribution >= 0.6 is 0 Å². The van der Waals surface area contributed by atoms with Crippen LogP contribution in [0.15, 0.2) is 78.9 Å². The molecule has 39 heavy (non-hydrogen) atoms. The predicted octanol–water partition coefficient (Wildman–Crippen LogP) is 7.57. The fourth-order valence-electron chi connectivity index (χ4n) is 5.14. The number of carbonyl (C=O) groups is 1. The summed E-state index contributed by atoms with van der Waals surface area (Å²) in [6.45, 7) is 2.03. The Morgan fingerprint density at radius 1 is 0.846 bits per heavy atom. The first kappa shape index (κ1) is 28.7. The summed E-state index contributed by atoms with van der Waals surface area (Å²) in [4.78, 5) is 13.4. The number of rotatable bonds is 7. The normalized spacial score (nSPS) is 20.8. The van der Waals surface area contributed by atoms with Gasteiger partial charge in [0.15, 0.2) is 0 Å². The lowest BCUT2D eigenvalue weighted by molar-refractivity contribution is -0.143. The summed E-state index contributed by atoms with van der Waals surface area (Å²) in [5.41, 5.74) is -1.99. The number of carbonyl (C=O) groups excluding carboxylic acids is 1. The van der Waals surface area contributed by atoms with Crippen LogP contribution in [0.2, 0.25) is 0 Å². The van der Waals surface area contributed by atoms with Gasteiger partial charge in [0.25, 0.3) is 0 Å². The van der Waals surface area contributed by atoms with Crippen LogP contribution in [0.25, 0.3) is 0 Å². The maximum Gasteiger partial charge on any atom is 0.416 e. The van der Waals surface area contributed by atoms with E-state index in [0.29, 0.717) is 31.5 Å². The van der Waals surface area contributed by atoms with E-state index < -0.39 is 40.8 Å². The van der Waals surface area contributed by atoms with E-state index in [0.717, 1.165) is 24.0 Å². The lowest BCUT2D eigenvalue weighted by atomic mass is 9.74. The molecule has 0 radical (unpaired) electrons. The minimum atomic E-state index is -4.98. The van der Waals surface area contributed by atoms with Crippen LogP contribution in [0.1, 0.15) is 66.3 Å². The van der Waals surface area contributed by atoms with Gasteiger partial charge in [0.05, 0.1) is 22.6 Å². The van der Waals surface area contributed by atoms with Gasteiger partial charge >= 0.3 is 12.4 Å². The lowest BCUT2D eigenvalue weighted by Gasteiger charge is -2.42. The Hall–Kier alpha value is -3.33. The number of nitrogens with one attached hydrogen (secondary N) is 2. The highest BCUT2D eigenvalue weighted by Gasteiger charge is 2.41. The molecule has 3 nitrogen and oxygen atoms in total. The van der Waals surface area contributed by atoms with Crippen LogP contribution in [-0.4, -0.2) is 11.9 Å². The molecule has 0 spiro atoms. The first-order valence-corrected chi connectivity index (χ1v) is 12.8. The van der Waals surface area contributed by atoms with E-state index in [1.54, 1.807) is 0 Å². The van der Waals surface area contributed by atoms with Gasteiger partial charge < -0.3 is 10.6 Å². The van der Waals surface area contributed by atoms with Crippen molar-refractivity contribution in [2.75, 3.05) is 0 Å². The zero-order valence-electron chi connectivity index (χ0n) is 21.4. The molecule has 208 valence electrons. The maximum absolute atomic E-state index is 13.4. The number of hydrogen-bond acceptors (Lipinski definition) is 2. The maximum atomic E-state index is 13.4. The molecular weight excluding hydrogens is 518 g/mol. The van der Waals surface area contributed by atoms with Gasteiger partial charge in [0.1, 0.15) is 0 Å². The molecule has 0 heterocycles. The molecule has 1 unspecified atom stereocenters. The minimum absolute atomic E-state index is 0.0727. The molecule has 3 aromatic carbocycles. The largest absolute Gasteiger partial charge is 0.416 e. The average Bonchev–Trinajstić information content (AvgIpc) is 2.92. The van der Waals surface area contributed by atoms with E-state index >= 15 is 0 Å². The second-order valence-corrected chi connectivity index (χ2v) is 10.1. The fraction of sp³-hybridized carbons (Fsp3) is 0.367. The molecule has 9 heteroatoms. The predicted molar refractivity (Wildman–Crippen MR) is 137 cm³/mol. The van der Waals surface area contributed by atoms with Gasteiger partial charge in [-0.15, -0.1) is 0 Å². The van der Waals surface area contributed by atoms with Crippen LogP contribution < -0.4 is 10.6 Å². The Bertz CT molecular complexity index is 1220. The molecule has 0 aromatic heterocycles. The summed E-state index contributed by atoms with van der Waals surface area (Å²) < 4.78 is 80.3. The van der Waals surface area contributed by atoms with Crippen molar-refractivity contribution in [2.24, 2.45) is 0 Å². The van der Waals surface area contributed by atoms with Crippen LogP contribution in [0.3, 0.4) is 0 Å². The molecule has 1 saturated carbocycles. The van der Waals surface area contributed by atoms with E-state index in [2.05, 4.69) is 10.6 Å². The first-order valence-electron chi connectivity index (χ1n) is 12.8. The summed E-state index contributed by atoms with van der Waals surface area (Å²) in [5, 5.41) is 6.57. The topological polar surface area (TPSA) is 41.1 Å². The van der Waals surface area contributed by atoms with Crippen molar-refractivity contribution in [3.05, 3.63) is 107 Å². The second-order valence-electron chi connectivity index (χ2n) is 10.1. The molecular formula is C30H30F6N2O. The summed E-state index contributed by atoms with van der Waals surface area (Å²) >= 11 is 0. The van der Waals surface area contributed by atoms with Gasteiger partial charge in [-0.3, -0.25) is 4.79 Å². The van der Waals surface area contributed by atoms with Crippen LogP contribution in [0.5, 0.6) is 0 Å². The molecule has 0 aliphatic heterocycles. The Labute approximate surface area is 223 Å². The molecule has 0 saturated heterocycles. The van der Waals surface area contributed by atoms with Gasteiger partial charge in [-0.05, 0) is 67.5 Å². The van der Waals surface area contributed by atoms with Crippen molar-refractivity contribution in [3.63, 3.8) is 0 Å². The Balaban J connectivity index is 1.54. The van der Waals surface area contributed by atoms with Crippen LogP contribution in [-0.2, 0) is 29.2 Å². The van der Waals surface area contributed by atoms with Crippen molar-refractivity contribution >= 4 is 5.91 Å². The monoisotopic (exact) mass is 548 g/mol. The van der Waals surface area contributed by atoms with E-state index in [4.69, 9.17) is 0 Å². The van der Waals surface area contributed by atoms with E-state index in [9.17, 15) is 31.1 Å². The molecule has 1 atom stereocenters. The molecule has 1 aliphatic carbocycles. The minimum Gasteiger partial charge on any atom is -0.346 e. The Kier molecular flexibility index (Phi) is 8.39. The molecule has 3 aromatic rings. The average molecular weight is 549 g/mol. The highest BCUT2D eigenvalue weighted by Crippen LogP contribution is 2.40. The molecule has 0 bridgehead atoms. The fourth-order valence-corrected chi connectivity index (χ4v) is 5.14. The summed E-state index contributed by atoms with van der Waals surface area (Å²) in [6, 6.07) is 20.8. The number of amides is 1. The molecule has 1 amide bonds. The Morgan fingerprint density at radius 2 is 1.36 bits per heavy atom. The first-order chi connectivity index (χ1) is 18.4. The summed E-state index contributed by atoms with van der Waals surface area (Å²) in [7, 11) is 0. The molecule has 4 rings (SSSR count). The SMILES string of the molecule is CC(C(=O)NC1(c2ccccc2)CCC(NCc2ccccc2)CC1)c1cc(C(F)(F)F)cc(C(F)(F)F)c1. The number of hydrogen-bond donors (Lipinski definition) is 2. The van der Waals surface area contributed by atoms with E-state index in [1.165, 1.54) is 6.92 Å². The van der Waals surface area contributed by atoms with Crippen molar-refractivity contribution < 1.29 is 31.1 Å². The summed E-state index contributed by atoms with van der Waals surface area (Å²) in [5.74, 6) is -1.86. The van der Waals surface area contributed by atoms with E-state index in [-0.39, 0.29) is 17.7 Å². The van der Waals surface area contributed by atoms with Crippen LogP contribution in [0, 0.1) is 0 Å². The number of alkyl halides is 6. The number of benzene rings is 3. The van der Waals surface area contributed by atoms with Gasteiger partial charge in [0, 0.05) is 12.6 Å². The number of halogens is 6. The molecule has 2 N–H and O–H groups in total. The van der Waals surface area contributed by atoms with Gasteiger partial charge in [-0.1, -0.05) is 60.7 Å². The van der Waals surface area contributed by atoms with Crippen molar-refractivity contribution in [3.8, 4) is 0 Å². The third kappa shape index (κ3) is 7.01. The Morgan fingerprint density at radius 3 is 1.87 bits per heavy atom. The molecule has 1 fully saturated rings. The van der Waals surface area contributed by atoms with Crippen LogP contribution in [0.4, 0.5) is 26.3 Å². The zero-order valence-corrected chi connectivity index (χ0v) is 21.4. The van der Waals surface area contributed by atoms with E-state index in [1.807, 2.05) is 60.7 Å². The van der Waals surface area contributed by atoms with Crippen molar-refractivity contribution in [1.82, 2.24) is 10.6 Å². The highest BCUT2D eigenvalue weighted by molar-refractivity contribution is 5.84. The third-order valence-corrected chi connectivity index (χ3v) is 7.47. The van der Waals surface area contributed by atoms with Crippen molar-refractivity contribution in [2.45, 2.75) is 69.0 Å². The third-order valence-electron chi connectivity index (χ3n) is 7.47.